The summed E-state index contributed by atoms with van der Waals surface area (Å²) >= 11 is 1.87. The van der Waals surface area contributed by atoms with E-state index < -0.39 is 0 Å². The van der Waals surface area contributed by atoms with Crippen LogP contribution in [0.4, 0.5) is 0 Å². The summed E-state index contributed by atoms with van der Waals surface area (Å²) in [6.07, 6.45) is 0.782. The van der Waals surface area contributed by atoms with Crippen molar-refractivity contribution in [2.75, 3.05) is 0 Å². The molecule has 54 heavy (non-hydrogen) atoms. The van der Waals surface area contributed by atoms with Gasteiger partial charge < -0.3 is 4.42 Å². The SMILES string of the molecule is CC1CC(c2ccc3ccccc3c2)=NC(c2c(-c3ccc4ccccc4c3)ccc3oc4ccccc4c23)=NC1c1cccc2c1sc1ccccc12. The van der Waals surface area contributed by atoms with Crippen LogP contribution in [-0.2, 0) is 0 Å². The minimum atomic E-state index is -0.128. The molecule has 1 aliphatic heterocycles. The Morgan fingerprint density at radius 3 is 2.06 bits per heavy atom. The summed E-state index contributed by atoms with van der Waals surface area (Å²) in [5.41, 5.74) is 8.35. The molecule has 1 aliphatic rings. The summed E-state index contributed by atoms with van der Waals surface area (Å²) in [5.74, 6) is 0.916. The summed E-state index contributed by atoms with van der Waals surface area (Å²) < 4.78 is 9.16. The minimum Gasteiger partial charge on any atom is -0.456 e. The Kier molecular flexibility index (Phi) is 7.14. The normalized spacial score (nSPS) is 16.4. The maximum atomic E-state index is 6.56. The van der Waals surface area contributed by atoms with E-state index in [0.29, 0.717) is 0 Å². The van der Waals surface area contributed by atoms with Crippen molar-refractivity contribution in [1.82, 2.24) is 0 Å². The third-order valence-electron chi connectivity index (χ3n) is 11.2. The molecule has 0 fully saturated rings. The fourth-order valence-electron chi connectivity index (χ4n) is 8.57. The number of rotatable bonds is 4. The Morgan fingerprint density at radius 2 is 1.24 bits per heavy atom. The van der Waals surface area contributed by atoms with E-state index in [4.69, 9.17) is 14.4 Å². The van der Waals surface area contributed by atoms with Crippen molar-refractivity contribution in [2.24, 2.45) is 15.9 Å². The minimum absolute atomic E-state index is 0.128. The Hall–Kier alpha value is -6.36. The molecular formula is C50H34N2OS. The van der Waals surface area contributed by atoms with Gasteiger partial charge in [0.15, 0.2) is 5.84 Å². The van der Waals surface area contributed by atoms with Gasteiger partial charge >= 0.3 is 0 Å². The molecule has 3 heterocycles. The van der Waals surface area contributed by atoms with E-state index in [9.17, 15) is 0 Å². The molecule has 10 aromatic rings. The summed E-state index contributed by atoms with van der Waals surface area (Å²) in [6, 6.07) is 58.7. The fraction of sp³-hybridized carbons (Fsp3) is 0.0800. The number of thiophene rings is 1. The average molecular weight is 711 g/mol. The van der Waals surface area contributed by atoms with Crippen molar-refractivity contribution in [1.29, 1.82) is 0 Å². The first-order chi connectivity index (χ1) is 26.7. The van der Waals surface area contributed by atoms with E-state index in [1.165, 1.54) is 47.3 Å². The Labute approximate surface area is 316 Å². The van der Waals surface area contributed by atoms with Crippen LogP contribution in [0.3, 0.4) is 0 Å². The number of furan rings is 1. The van der Waals surface area contributed by atoms with E-state index in [2.05, 4.69) is 165 Å². The van der Waals surface area contributed by atoms with Gasteiger partial charge in [0.2, 0.25) is 0 Å². The molecule has 0 bridgehead atoms. The molecule has 4 heteroatoms. The van der Waals surface area contributed by atoms with Gasteiger partial charge in [0.25, 0.3) is 0 Å². The topological polar surface area (TPSA) is 37.9 Å². The molecule has 11 rings (SSSR count). The summed E-state index contributed by atoms with van der Waals surface area (Å²) in [6.45, 7) is 2.35. The highest BCUT2D eigenvalue weighted by Gasteiger charge is 2.30. The predicted octanol–water partition coefficient (Wildman–Crippen LogP) is 13.9. The number of aliphatic imine (C=N–C) groups is 2. The first kappa shape index (κ1) is 31.2. The quantitative estimate of drug-likeness (QED) is 0.179. The Bertz CT molecular complexity index is 3180. The van der Waals surface area contributed by atoms with Gasteiger partial charge in [0.05, 0.1) is 11.8 Å². The molecule has 0 saturated carbocycles. The standard InChI is InChI=1S/C50H34N2OS/c1-30-27-42(36-24-22-32-12-3-5-14-34(32)29-36)51-50(52-48(30)41-18-10-17-39-38-15-7-9-20-45(38)54-49(39)41)47-37(35-23-21-31-11-2-4-13-33(31)28-35)25-26-44-46(47)40-16-6-8-19-43(40)53-44/h2-26,28-30,48H,27H2,1H3. The molecule has 2 aromatic heterocycles. The van der Waals surface area contributed by atoms with E-state index in [-0.39, 0.29) is 12.0 Å². The van der Waals surface area contributed by atoms with Crippen LogP contribution in [0.15, 0.2) is 178 Å². The van der Waals surface area contributed by atoms with Crippen LogP contribution < -0.4 is 0 Å². The van der Waals surface area contributed by atoms with Crippen molar-refractivity contribution in [3.05, 3.63) is 180 Å². The highest BCUT2D eigenvalue weighted by molar-refractivity contribution is 7.26. The van der Waals surface area contributed by atoms with Gasteiger partial charge in [-0.3, -0.25) is 4.99 Å². The Balaban J connectivity index is 1.22. The average Bonchev–Trinajstić information content (AvgIpc) is 3.74. The van der Waals surface area contributed by atoms with Crippen LogP contribution in [-0.4, -0.2) is 11.5 Å². The second-order valence-corrected chi connectivity index (χ2v) is 15.6. The molecular weight excluding hydrogens is 677 g/mol. The lowest BCUT2D eigenvalue weighted by atomic mass is 9.88. The first-order valence-corrected chi connectivity index (χ1v) is 19.5. The van der Waals surface area contributed by atoms with E-state index in [1.54, 1.807) is 0 Å². The molecule has 0 saturated heterocycles. The maximum absolute atomic E-state index is 6.56. The van der Waals surface area contributed by atoms with Crippen LogP contribution in [0.25, 0.3) is 74.8 Å². The van der Waals surface area contributed by atoms with E-state index >= 15 is 0 Å². The zero-order chi connectivity index (χ0) is 35.8. The number of benzene rings is 8. The third kappa shape index (κ3) is 5.02. The van der Waals surface area contributed by atoms with Crippen molar-refractivity contribution < 1.29 is 4.42 Å². The zero-order valence-electron chi connectivity index (χ0n) is 29.7. The monoisotopic (exact) mass is 710 g/mol. The second-order valence-electron chi connectivity index (χ2n) is 14.5. The molecule has 2 unspecified atom stereocenters. The highest BCUT2D eigenvalue weighted by Crippen LogP contribution is 2.44. The molecule has 2 atom stereocenters. The van der Waals surface area contributed by atoms with Gasteiger partial charge in [-0.15, -0.1) is 11.3 Å². The third-order valence-corrected chi connectivity index (χ3v) is 12.5. The number of nitrogens with zero attached hydrogens (tertiary/aromatic N) is 2. The number of amidine groups is 1. The van der Waals surface area contributed by atoms with Crippen LogP contribution >= 0.6 is 11.3 Å². The van der Waals surface area contributed by atoms with Crippen LogP contribution in [0.5, 0.6) is 0 Å². The van der Waals surface area contributed by atoms with Crippen molar-refractivity contribution in [2.45, 2.75) is 19.4 Å². The molecule has 0 radical (unpaired) electrons. The van der Waals surface area contributed by atoms with Crippen LogP contribution in [0.2, 0.25) is 0 Å². The number of hydrogen-bond acceptors (Lipinski definition) is 4. The number of hydrogen-bond donors (Lipinski definition) is 0. The van der Waals surface area contributed by atoms with Gasteiger partial charge in [0, 0.05) is 36.5 Å². The molecule has 0 N–H and O–H groups in total. The van der Waals surface area contributed by atoms with Gasteiger partial charge in [-0.2, -0.15) is 0 Å². The number of para-hydroxylation sites is 1. The van der Waals surface area contributed by atoms with Gasteiger partial charge in [0.1, 0.15) is 11.2 Å². The largest absolute Gasteiger partial charge is 0.456 e. The van der Waals surface area contributed by atoms with E-state index in [1.807, 2.05) is 17.4 Å². The lowest BCUT2D eigenvalue weighted by molar-refractivity contribution is 0.496. The van der Waals surface area contributed by atoms with Crippen molar-refractivity contribution in [3.8, 4) is 11.1 Å². The van der Waals surface area contributed by atoms with Crippen molar-refractivity contribution >= 4 is 86.5 Å². The first-order valence-electron chi connectivity index (χ1n) is 18.6. The summed E-state index contributed by atoms with van der Waals surface area (Å²) in [4.78, 5) is 11.5. The molecule has 0 aliphatic carbocycles. The predicted molar refractivity (Wildman–Crippen MR) is 230 cm³/mol. The van der Waals surface area contributed by atoms with Crippen LogP contribution in [0.1, 0.15) is 36.1 Å². The van der Waals surface area contributed by atoms with Crippen molar-refractivity contribution in [3.63, 3.8) is 0 Å². The van der Waals surface area contributed by atoms with Crippen LogP contribution in [0, 0.1) is 5.92 Å². The number of fused-ring (bicyclic) bond motifs is 8. The van der Waals surface area contributed by atoms with Gasteiger partial charge in [-0.25, -0.2) is 4.99 Å². The highest BCUT2D eigenvalue weighted by atomic mass is 32.1. The van der Waals surface area contributed by atoms with Gasteiger partial charge in [-0.05, 0) is 92.5 Å². The summed E-state index contributed by atoms with van der Waals surface area (Å²) in [5, 5.41) is 9.54. The smallest absolute Gasteiger partial charge is 0.156 e. The maximum Gasteiger partial charge on any atom is 0.156 e. The van der Waals surface area contributed by atoms with E-state index in [0.717, 1.165) is 62.2 Å². The molecule has 3 nitrogen and oxygen atoms in total. The fourth-order valence-corrected chi connectivity index (χ4v) is 9.82. The molecule has 256 valence electrons. The second kappa shape index (κ2) is 12.4. The Morgan fingerprint density at radius 1 is 0.574 bits per heavy atom. The lowest BCUT2D eigenvalue weighted by Gasteiger charge is -2.21. The molecule has 0 spiro atoms. The molecule has 0 amide bonds. The lowest BCUT2D eigenvalue weighted by Crippen LogP contribution is -2.12. The molecule has 8 aromatic carbocycles. The summed E-state index contributed by atoms with van der Waals surface area (Å²) in [7, 11) is 0. The zero-order valence-corrected chi connectivity index (χ0v) is 30.5. The van der Waals surface area contributed by atoms with Gasteiger partial charge in [-0.1, -0.05) is 134 Å².